The number of hydrogen-bond acceptors (Lipinski definition) is 6. The van der Waals surface area contributed by atoms with Gasteiger partial charge in [-0.1, -0.05) is 0 Å². The minimum absolute atomic E-state index is 0.198. The monoisotopic (exact) mass is 369 g/mol. The van der Waals surface area contributed by atoms with Gasteiger partial charge in [0.1, 0.15) is 5.69 Å². The molecule has 1 fully saturated rings. The summed E-state index contributed by atoms with van der Waals surface area (Å²) in [7, 11) is 5.40. The Labute approximate surface area is 156 Å². The van der Waals surface area contributed by atoms with E-state index in [0.29, 0.717) is 36.6 Å². The summed E-state index contributed by atoms with van der Waals surface area (Å²) in [5, 5.41) is 16.1. The molecule has 3 aromatic heterocycles. The summed E-state index contributed by atoms with van der Waals surface area (Å²) in [5.41, 5.74) is 2.22. The number of aromatic nitrogens is 6. The topological polar surface area (TPSA) is 91.8 Å². The second kappa shape index (κ2) is 6.90. The molecule has 9 nitrogen and oxygen atoms in total. The lowest BCUT2D eigenvalue weighted by Gasteiger charge is -2.10. The van der Waals surface area contributed by atoms with Gasteiger partial charge in [-0.15, -0.1) is 5.10 Å². The van der Waals surface area contributed by atoms with Gasteiger partial charge in [0.15, 0.2) is 0 Å². The predicted octanol–water partition coefficient (Wildman–Crippen LogP) is 1.04. The molecule has 0 radical (unpaired) electrons. The van der Waals surface area contributed by atoms with E-state index in [-0.39, 0.29) is 5.56 Å². The molecule has 27 heavy (non-hydrogen) atoms. The highest BCUT2D eigenvalue weighted by atomic mass is 16.5. The Morgan fingerprint density at radius 3 is 2.63 bits per heavy atom. The molecule has 0 aromatic carbocycles. The molecule has 1 unspecified atom stereocenters. The van der Waals surface area contributed by atoms with Gasteiger partial charge in [0, 0.05) is 51.4 Å². The molecular weight excluding hydrogens is 346 g/mol. The van der Waals surface area contributed by atoms with Gasteiger partial charge in [-0.3, -0.25) is 14.2 Å². The van der Waals surface area contributed by atoms with Crippen LogP contribution in [0.3, 0.4) is 0 Å². The molecule has 1 aliphatic rings. The lowest BCUT2D eigenvalue weighted by Crippen LogP contribution is -2.24. The molecule has 0 aliphatic heterocycles. The molecule has 3 aromatic rings. The molecule has 0 saturated heterocycles. The molecule has 0 spiro atoms. The van der Waals surface area contributed by atoms with Crippen molar-refractivity contribution < 1.29 is 4.74 Å². The van der Waals surface area contributed by atoms with Crippen molar-refractivity contribution in [2.45, 2.75) is 18.9 Å². The van der Waals surface area contributed by atoms with Crippen molar-refractivity contribution in [3.63, 3.8) is 0 Å². The van der Waals surface area contributed by atoms with E-state index in [2.05, 4.69) is 26.7 Å². The van der Waals surface area contributed by atoms with E-state index in [0.717, 1.165) is 17.8 Å². The smallest absolute Gasteiger partial charge is 0.290 e. The first-order chi connectivity index (χ1) is 13.0. The van der Waals surface area contributed by atoms with Crippen molar-refractivity contribution in [3.8, 4) is 5.88 Å². The summed E-state index contributed by atoms with van der Waals surface area (Å²) in [5.74, 6) is 1.32. The molecule has 1 aliphatic carbocycles. The van der Waals surface area contributed by atoms with Gasteiger partial charge in [-0.25, -0.2) is 4.68 Å². The number of aryl methyl sites for hydroxylation is 3. The van der Waals surface area contributed by atoms with Crippen LogP contribution >= 0.6 is 0 Å². The van der Waals surface area contributed by atoms with E-state index >= 15 is 0 Å². The normalized spacial score (nSPS) is 18.5. The van der Waals surface area contributed by atoms with Crippen molar-refractivity contribution in [3.05, 3.63) is 52.3 Å². The van der Waals surface area contributed by atoms with Crippen LogP contribution in [0.15, 0.2) is 35.4 Å². The van der Waals surface area contributed by atoms with Crippen LogP contribution in [0.2, 0.25) is 0 Å². The summed E-state index contributed by atoms with van der Waals surface area (Å²) >= 11 is 0. The third-order valence-electron chi connectivity index (χ3n) is 4.75. The number of nitrogens with one attached hydrogen (secondary N) is 1. The van der Waals surface area contributed by atoms with Gasteiger partial charge in [0.25, 0.3) is 5.56 Å². The van der Waals surface area contributed by atoms with Crippen molar-refractivity contribution in [1.82, 2.24) is 29.3 Å². The number of hydrogen-bond donors (Lipinski definition) is 1. The lowest BCUT2D eigenvalue weighted by atomic mass is 10.2. The molecule has 1 saturated carbocycles. The quantitative estimate of drug-likeness (QED) is 0.669. The van der Waals surface area contributed by atoms with E-state index in [4.69, 9.17) is 4.74 Å². The second-order valence-corrected chi connectivity index (χ2v) is 6.99. The van der Waals surface area contributed by atoms with Gasteiger partial charge < -0.3 is 10.1 Å². The summed E-state index contributed by atoms with van der Waals surface area (Å²) in [6.07, 6.45) is 4.89. The lowest BCUT2D eigenvalue weighted by molar-refractivity contribution is 0.278. The average molecular weight is 369 g/mol. The highest BCUT2D eigenvalue weighted by molar-refractivity contribution is 5.43. The molecule has 0 bridgehead atoms. The molecule has 142 valence electrons. The highest BCUT2D eigenvalue weighted by Crippen LogP contribution is 2.46. The van der Waals surface area contributed by atoms with Crippen LogP contribution in [0.1, 0.15) is 23.7 Å². The number of nitrogens with zero attached hydrogens (tertiary/aromatic N) is 6. The van der Waals surface area contributed by atoms with E-state index < -0.39 is 0 Å². The summed E-state index contributed by atoms with van der Waals surface area (Å²) in [6, 6.07) is 5.61. The van der Waals surface area contributed by atoms with E-state index in [1.54, 1.807) is 17.8 Å². The summed E-state index contributed by atoms with van der Waals surface area (Å²) < 4.78 is 10.7. The number of anilines is 1. The maximum atomic E-state index is 12.3. The molecule has 0 amide bonds. The van der Waals surface area contributed by atoms with Crippen molar-refractivity contribution in [1.29, 1.82) is 0 Å². The van der Waals surface area contributed by atoms with Crippen molar-refractivity contribution >= 4 is 5.69 Å². The highest BCUT2D eigenvalue weighted by Gasteiger charge is 2.40. The molecule has 1 N–H and O–H groups in total. The Balaban J connectivity index is 1.38. The fraction of sp³-hybridized carbons (Fsp3) is 0.444. The molecule has 2 atom stereocenters. The first-order valence-electron chi connectivity index (χ1n) is 8.92. The molecule has 4 rings (SSSR count). The maximum Gasteiger partial charge on any atom is 0.290 e. The van der Waals surface area contributed by atoms with E-state index in [1.807, 2.05) is 37.2 Å². The fourth-order valence-corrected chi connectivity index (χ4v) is 3.14. The number of rotatable bonds is 7. The predicted molar refractivity (Wildman–Crippen MR) is 99.6 cm³/mol. The Bertz CT molecular complexity index is 1000. The van der Waals surface area contributed by atoms with E-state index in [9.17, 15) is 4.79 Å². The minimum atomic E-state index is -0.198. The Morgan fingerprint density at radius 2 is 1.93 bits per heavy atom. The zero-order chi connectivity index (χ0) is 19.0. The van der Waals surface area contributed by atoms with Crippen LogP contribution in [-0.2, 0) is 27.7 Å². The summed E-state index contributed by atoms with van der Waals surface area (Å²) in [6.45, 7) is 1.02. The van der Waals surface area contributed by atoms with Crippen LogP contribution in [0.25, 0.3) is 0 Å². The molecule has 9 heteroatoms. The van der Waals surface area contributed by atoms with Crippen LogP contribution in [0, 0.1) is 5.92 Å². The molecular formula is C18H23N7O2. The van der Waals surface area contributed by atoms with Crippen LogP contribution < -0.4 is 15.6 Å². The Hall–Kier alpha value is -3.10. The first-order valence-corrected chi connectivity index (χ1v) is 8.92. The number of ether oxygens (including phenoxy) is 1. The largest absolute Gasteiger partial charge is 0.476 e. The average Bonchev–Trinajstić information content (AvgIpc) is 3.09. The van der Waals surface area contributed by atoms with Gasteiger partial charge in [0.05, 0.1) is 24.5 Å². The van der Waals surface area contributed by atoms with Gasteiger partial charge in [-0.05, 0) is 18.6 Å². The minimum Gasteiger partial charge on any atom is -0.476 e. The Kier molecular flexibility index (Phi) is 4.43. The van der Waals surface area contributed by atoms with E-state index in [1.165, 1.54) is 4.68 Å². The van der Waals surface area contributed by atoms with Gasteiger partial charge >= 0.3 is 0 Å². The van der Waals surface area contributed by atoms with Crippen LogP contribution in [0.5, 0.6) is 5.88 Å². The van der Waals surface area contributed by atoms with Crippen LogP contribution in [0.4, 0.5) is 5.69 Å². The van der Waals surface area contributed by atoms with Crippen molar-refractivity contribution in [2.75, 3.05) is 11.9 Å². The van der Waals surface area contributed by atoms with Gasteiger partial charge in [-0.2, -0.15) is 10.2 Å². The zero-order valence-electron chi connectivity index (χ0n) is 15.7. The van der Waals surface area contributed by atoms with Crippen molar-refractivity contribution in [2.24, 2.45) is 27.1 Å². The first kappa shape index (κ1) is 17.3. The Morgan fingerprint density at radius 1 is 1.15 bits per heavy atom. The standard InChI is InChI=1S/C18H23N7O2/c1-23-6-4-13(20-23)10-19-16-9-17(22-25(3)18(16)26)27-11-12-8-14(12)15-5-7-24(2)21-15/h4-7,9,12,14,19H,8,10-11H2,1-3H3/t12?,14-/m1/s1. The molecule has 3 heterocycles. The summed E-state index contributed by atoms with van der Waals surface area (Å²) in [4.78, 5) is 12.3. The van der Waals surface area contributed by atoms with Crippen LogP contribution in [-0.4, -0.2) is 35.9 Å². The van der Waals surface area contributed by atoms with Gasteiger partial charge in [0.2, 0.25) is 5.88 Å². The third-order valence-corrected chi connectivity index (χ3v) is 4.75. The zero-order valence-corrected chi connectivity index (χ0v) is 15.7. The fourth-order valence-electron chi connectivity index (χ4n) is 3.14. The second-order valence-electron chi connectivity index (χ2n) is 6.99. The maximum absolute atomic E-state index is 12.3. The SMILES string of the molecule is Cn1ccc(CNc2cc(OCC3C[C@H]3c3ccn(C)n3)nn(C)c2=O)n1. The third kappa shape index (κ3) is 3.86.